The number of hydrogen-bond acceptors (Lipinski definition) is 4. The summed E-state index contributed by atoms with van der Waals surface area (Å²) in [5, 5.41) is 1.80. The number of benzene rings is 3. The van der Waals surface area contributed by atoms with Gasteiger partial charge in [-0.1, -0.05) is 65.1 Å². The molecule has 0 saturated carbocycles. The van der Waals surface area contributed by atoms with E-state index in [4.69, 9.17) is 44.5 Å². The van der Waals surface area contributed by atoms with Gasteiger partial charge in [-0.05, 0) is 48.9 Å². The van der Waals surface area contributed by atoms with Crippen LogP contribution in [0.4, 0.5) is 0 Å². The fourth-order valence-corrected chi connectivity index (χ4v) is 4.06. The van der Waals surface area contributed by atoms with Crippen LogP contribution >= 0.6 is 34.8 Å². The average molecular weight is 485 g/mol. The average Bonchev–Trinajstić information content (AvgIpc) is 2.78. The van der Waals surface area contributed by atoms with Gasteiger partial charge in [0, 0.05) is 26.6 Å². The molecule has 0 aliphatic carbocycles. The number of rotatable bonds is 5. The lowest BCUT2D eigenvalue weighted by atomic mass is 9.98. The Morgan fingerprint density at radius 2 is 1.66 bits per heavy atom. The Labute approximate surface area is 199 Å². The topological polar surface area (TPSA) is 56.3 Å². The quantitative estimate of drug-likeness (QED) is 0.222. The van der Waals surface area contributed by atoms with Crippen molar-refractivity contribution in [2.45, 2.75) is 6.92 Å². The third-order valence-electron chi connectivity index (χ3n) is 5.00. The molecule has 1 heterocycles. The minimum atomic E-state index is -0.629. The van der Waals surface area contributed by atoms with Crippen molar-refractivity contribution < 1.29 is 14.3 Å². The fraction of sp³-hybridized carbons (Fsp3) is 0.0800. The molecule has 4 aromatic rings. The first-order chi connectivity index (χ1) is 15.3. The Kier molecular flexibility index (Phi) is 6.47. The van der Waals surface area contributed by atoms with E-state index in [2.05, 4.69) is 0 Å². The van der Waals surface area contributed by atoms with Gasteiger partial charge >= 0.3 is 5.97 Å². The SMILES string of the molecule is Cc1c(-c2cccc(Cl)c2)nc2ccccc2c1C(=O)OCC(=O)c1cc(Cl)ccc1Cl. The van der Waals surface area contributed by atoms with Crippen molar-refractivity contribution in [3.05, 3.63) is 98.5 Å². The van der Waals surface area contributed by atoms with Crippen LogP contribution in [0.5, 0.6) is 0 Å². The Morgan fingerprint density at radius 1 is 0.906 bits per heavy atom. The second-order valence-corrected chi connectivity index (χ2v) is 8.39. The Morgan fingerprint density at radius 3 is 2.44 bits per heavy atom. The van der Waals surface area contributed by atoms with E-state index in [1.165, 1.54) is 12.1 Å². The van der Waals surface area contributed by atoms with Crippen LogP contribution in [0.25, 0.3) is 22.2 Å². The van der Waals surface area contributed by atoms with Gasteiger partial charge in [0.2, 0.25) is 5.78 Å². The van der Waals surface area contributed by atoms with E-state index in [0.717, 1.165) is 5.56 Å². The smallest absolute Gasteiger partial charge is 0.339 e. The summed E-state index contributed by atoms with van der Waals surface area (Å²) >= 11 is 18.2. The first-order valence-electron chi connectivity index (χ1n) is 9.66. The number of carbonyl (C=O) groups excluding carboxylic acids is 2. The lowest BCUT2D eigenvalue weighted by Crippen LogP contribution is -2.16. The van der Waals surface area contributed by atoms with E-state index < -0.39 is 18.4 Å². The molecule has 4 nitrogen and oxygen atoms in total. The minimum absolute atomic E-state index is 0.197. The molecule has 7 heteroatoms. The standard InChI is InChI=1S/C25H16Cl3NO3/c1-14-23(25(31)32-13-22(30)19-12-17(27)9-10-20(19)28)18-7-2-3-8-21(18)29-24(14)15-5-4-6-16(26)11-15/h2-12H,13H2,1H3. The molecule has 1 aromatic heterocycles. The number of halogens is 3. The normalized spacial score (nSPS) is 10.9. The van der Waals surface area contributed by atoms with Gasteiger partial charge in [-0.3, -0.25) is 4.79 Å². The molecule has 0 bridgehead atoms. The van der Waals surface area contributed by atoms with Crippen molar-refractivity contribution in [1.29, 1.82) is 0 Å². The number of pyridine rings is 1. The number of ether oxygens (including phenoxy) is 1. The van der Waals surface area contributed by atoms with E-state index in [0.29, 0.717) is 37.8 Å². The van der Waals surface area contributed by atoms with E-state index in [1.807, 2.05) is 30.3 Å². The maximum Gasteiger partial charge on any atom is 0.339 e. The van der Waals surface area contributed by atoms with Crippen LogP contribution < -0.4 is 0 Å². The summed E-state index contributed by atoms with van der Waals surface area (Å²) in [7, 11) is 0. The summed E-state index contributed by atoms with van der Waals surface area (Å²) in [6.07, 6.45) is 0. The number of esters is 1. The highest BCUT2D eigenvalue weighted by atomic mass is 35.5. The van der Waals surface area contributed by atoms with Gasteiger partial charge in [0.05, 0.1) is 21.8 Å². The number of ketones is 1. The highest BCUT2D eigenvalue weighted by Gasteiger charge is 2.22. The summed E-state index contributed by atoms with van der Waals surface area (Å²) in [4.78, 5) is 30.4. The monoisotopic (exact) mass is 483 g/mol. The summed E-state index contributed by atoms with van der Waals surface area (Å²) in [5.74, 6) is -1.08. The largest absolute Gasteiger partial charge is 0.454 e. The number of hydrogen-bond donors (Lipinski definition) is 0. The van der Waals surface area contributed by atoms with Gasteiger partial charge in [-0.2, -0.15) is 0 Å². The van der Waals surface area contributed by atoms with Crippen LogP contribution in [0.1, 0.15) is 26.3 Å². The highest BCUT2D eigenvalue weighted by Crippen LogP contribution is 2.31. The molecule has 3 aromatic carbocycles. The van der Waals surface area contributed by atoms with E-state index in [1.54, 1.807) is 31.2 Å². The molecule has 0 aliphatic rings. The molecule has 160 valence electrons. The third kappa shape index (κ3) is 4.49. The van der Waals surface area contributed by atoms with Crippen LogP contribution in [0, 0.1) is 6.92 Å². The van der Waals surface area contributed by atoms with Crippen LogP contribution in [-0.4, -0.2) is 23.3 Å². The van der Waals surface area contributed by atoms with Crippen molar-refractivity contribution in [3.8, 4) is 11.3 Å². The van der Waals surface area contributed by atoms with Crippen molar-refractivity contribution in [1.82, 2.24) is 4.98 Å². The molecular formula is C25H16Cl3NO3. The third-order valence-corrected chi connectivity index (χ3v) is 5.80. The Hall–Kier alpha value is -2.92. The molecule has 0 atom stereocenters. The minimum Gasteiger partial charge on any atom is -0.454 e. The zero-order valence-electron chi connectivity index (χ0n) is 16.9. The lowest BCUT2D eigenvalue weighted by Gasteiger charge is -2.14. The van der Waals surface area contributed by atoms with E-state index in [-0.39, 0.29) is 10.6 Å². The van der Waals surface area contributed by atoms with Crippen LogP contribution in [0.15, 0.2) is 66.7 Å². The molecule has 0 fully saturated rings. The van der Waals surface area contributed by atoms with Crippen LogP contribution in [0.3, 0.4) is 0 Å². The number of aromatic nitrogens is 1. The number of nitrogens with zero attached hydrogens (tertiary/aromatic N) is 1. The number of carbonyl (C=O) groups is 2. The van der Waals surface area contributed by atoms with E-state index >= 15 is 0 Å². The van der Waals surface area contributed by atoms with Crippen molar-refractivity contribution in [2.75, 3.05) is 6.61 Å². The summed E-state index contributed by atoms with van der Waals surface area (Å²) in [6.45, 7) is 1.32. The molecule has 32 heavy (non-hydrogen) atoms. The van der Waals surface area contributed by atoms with Crippen LogP contribution in [-0.2, 0) is 4.74 Å². The van der Waals surface area contributed by atoms with Gasteiger partial charge in [-0.25, -0.2) is 9.78 Å². The van der Waals surface area contributed by atoms with Crippen molar-refractivity contribution in [3.63, 3.8) is 0 Å². The summed E-state index contributed by atoms with van der Waals surface area (Å²) in [6, 6.07) is 19.1. The lowest BCUT2D eigenvalue weighted by molar-refractivity contribution is 0.0476. The zero-order chi connectivity index (χ0) is 22.8. The molecule has 0 amide bonds. The van der Waals surface area contributed by atoms with Gasteiger partial charge in [0.25, 0.3) is 0 Å². The number of Topliss-reactive ketones (excluding diaryl/α,β-unsaturated/α-hetero) is 1. The summed E-state index contributed by atoms with van der Waals surface area (Å²) < 4.78 is 5.40. The molecule has 0 saturated heterocycles. The molecule has 0 unspecified atom stereocenters. The second-order valence-electron chi connectivity index (χ2n) is 7.11. The molecule has 0 N–H and O–H groups in total. The predicted molar refractivity (Wildman–Crippen MR) is 128 cm³/mol. The van der Waals surface area contributed by atoms with Crippen molar-refractivity contribution >= 4 is 57.5 Å². The van der Waals surface area contributed by atoms with Gasteiger partial charge in [0.1, 0.15) is 0 Å². The molecular weight excluding hydrogens is 469 g/mol. The first kappa shape index (κ1) is 22.3. The zero-order valence-corrected chi connectivity index (χ0v) is 19.1. The van der Waals surface area contributed by atoms with Gasteiger partial charge in [0.15, 0.2) is 6.61 Å². The van der Waals surface area contributed by atoms with Crippen molar-refractivity contribution in [2.24, 2.45) is 0 Å². The number of para-hydroxylation sites is 1. The summed E-state index contributed by atoms with van der Waals surface area (Å²) in [5.41, 5.74) is 3.19. The maximum atomic E-state index is 13.1. The molecule has 4 rings (SSSR count). The Balaban J connectivity index is 1.71. The first-order valence-corrected chi connectivity index (χ1v) is 10.8. The Bertz CT molecular complexity index is 1370. The van der Waals surface area contributed by atoms with Gasteiger partial charge < -0.3 is 4.74 Å². The second kappa shape index (κ2) is 9.29. The molecule has 0 spiro atoms. The van der Waals surface area contributed by atoms with Crippen LogP contribution in [0.2, 0.25) is 15.1 Å². The maximum absolute atomic E-state index is 13.1. The van der Waals surface area contributed by atoms with Gasteiger partial charge in [-0.15, -0.1) is 0 Å². The number of fused-ring (bicyclic) bond motifs is 1. The molecule has 0 radical (unpaired) electrons. The van der Waals surface area contributed by atoms with E-state index in [9.17, 15) is 9.59 Å². The predicted octanol–water partition coefficient (Wildman–Crippen LogP) is 7.21. The fourth-order valence-electron chi connectivity index (χ4n) is 3.48. The molecule has 0 aliphatic heterocycles. The highest BCUT2D eigenvalue weighted by molar-refractivity contribution is 6.36.